The van der Waals surface area contributed by atoms with E-state index in [-0.39, 0.29) is 12.2 Å². The van der Waals surface area contributed by atoms with Crippen molar-refractivity contribution >= 4 is 11.6 Å². The third kappa shape index (κ3) is 3.96. The molecule has 1 aliphatic carbocycles. The standard InChI is InChI=1S/C14H17F3N2O/c15-14(16,17)11-7-3-4-8-12(11)19-13(20)9-18-10-5-1-2-6-10/h3-4,7-8,10,18H,1-2,5-6,9H2,(H,19,20). The Hall–Kier alpha value is -1.56. The highest BCUT2D eigenvalue weighted by Gasteiger charge is 2.33. The normalized spacial score (nSPS) is 16.4. The molecular weight excluding hydrogens is 269 g/mol. The first-order valence-electron chi connectivity index (χ1n) is 6.66. The maximum Gasteiger partial charge on any atom is 0.418 e. The zero-order chi connectivity index (χ0) is 14.6. The molecule has 0 heterocycles. The van der Waals surface area contributed by atoms with E-state index in [0.717, 1.165) is 31.7 Å². The lowest BCUT2D eigenvalue weighted by Gasteiger charge is -2.15. The van der Waals surface area contributed by atoms with Gasteiger partial charge >= 0.3 is 6.18 Å². The second-order valence-electron chi connectivity index (χ2n) is 4.95. The van der Waals surface area contributed by atoms with E-state index in [1.807, 2.05) is 0 Å². The molecule has 1 aromatic rings. The Kier molecular flexibility index (Phi) is 4.65. The summed E-state index contributed by atoms with van der Waals surface area (Å²) >= 11 is 0. The van der Waals surface area contributed by atoms with Crippen molar-refractivity contribution in [2.45, 2.75) is 37.9 Å². The van der Waals surface area contributed by atoms with Gasteiger partial charge < -0.3 is 10.6 Å². The summed E-state index contributed by atoms with van der Waals surface area (Å²) in [6.07, 6.45) is -0.159. The second kappa shape index (κ2) is 6.26. The van der Waals surface area contributed by atoms with Gasteiger partial charge in [-0.2, -0.15) is 13.2 Å². The summed E-state index contributed by atoms with van der Waals surface area (Å²) in [5.74, 6) is -0.450. The van der Waals surface area contributed by atoms with Gasteiger partial charge in [0.05, 0.1) is 17.8 Å². The minimum atomic E-state index is -4.47. The van der Waals surface area contributed by atoms with Crippen molar-refractivity contribution in [1.29, 1.82) is 0 Å². The summed E-state index contributed by atoms with van der Waals surface area (Å²) in [7, 11) is 0. The van der Waals surface area contributed by atoms with Crippen molar-refractivity contribution < 1.29 is 18.0 Å². The maximum atomic E-state index is 12.8. The molecule has 6 heteroatoms. The molecule has 3 nitrogen and oxygen atoms in total. The molecule has 1 saturated carbocycles. The highest BCUT2D eigenvalue weighted by Crippen LogP contribution is 2.34. The van der Waals surface area contributed by atoms with Crippen LogP contribution in [0.15, 0.2) is 24.3 Å². The molecular formula is C14H17F3N2O. The quantitative estimate of drug-likeness (QED) is 0.892. The molecule has 1 fully saturated rings. The average molecular weight is 286 g/mol. The molecule has 0 spiro atoms. The van der Waals surface area contributed by atoms with E-state index in [0.29, 0.717) is 6.04 Å². The molecule has 0 atom stereocenters. The Balaban J connectivity index is 1.93. The average Bonchev–Trinajstić information content (AvgIpc) is 2.89. The smallest absolute Gasteiger partial charge is 0.324 e. The lowest BCUT2D eigenvalue weighted by atomic mass is 10.1. The van der Waals surface area contributed by atoms with Crippen molar-refractivity contribution in [2.75, 3.05) is 11.9 Å². The highest BCUT2D eigenvalue weighted by molar-refractivity contribution is 5.93. The Morgan fingerprint density at radius 2 is 1.85 bits per heavy atom. The minimum absolute atomic E-state index is 0.0385. The van der Waals surface area contributed by atoms with E-state index < -0.39 is 17.6 Å². The first kappa shape index (κ1) is 14.8. The van der Waals surface area contributed by atoms with Crippen LogP contribution in [-0.4, -0.2) is 18.5 Å². The number of hydrogen-bond acceptors (Lipinski definition) is 2. The molecule has 0 bridgehead atoms. The SMILES string of the molecule is O=C(CNC1CCCC1)Nc1ccccc1C(F)(F)F. The number of carbonyl (C=O) groups excluding carboxylic acids is 1. The van der Waals surface area contributed by atoms with E-state index >= 15 is 0 Å². The van der Waals surface area contributed by atoms with Crippen LogP contribution in [0.3, 0.4) is 0 Å². The van der Waals surface area contributed by atoms with Crippen LogP contribution >= 0.6 is 0 Å². The number of rotatable bonds is 4. The van der Waals surface area contributed by atoms with Gasteiger partial charge in [-0.3, -0.25) is 4.79 Å². The van der Waals surface area contributed by atoms with Crippen LogP contribution in [-0.2, 0) is 11.0 Å². The van der Waals surface area contributed by atoms with Gasteiger partial charge in [-0.1, -0.05) is 25.0 Å². The maximum absolute atomic E-state index is 12.8. The number of nitrogens with one attached hydrogen (secondary N) is 2. The molecule has 2 N–H and O–H groups in total. The van der Waals surface area contributed by atoms with Crippen LogP contribution in [0, 0.1) is 0 Å². The fraction of sp³-hybridized carbons (Fsp3) is 0.500. The minimum Gasteiger partial charge on any atom is -0.324 e. The Bertz CT molecular complexity index is 468. The first-order valence-corrected chi connectivity index (χ1v) is 6.66. The van der Waals surface area contributed by atoms with Crippen molar-refractivity contribution in [2.24, 2.45) is 0 Å². The zero-order valence-corrected chi connectivity index (χ0v) is 11.0. The number of amides is 1. The van der Waals surface area contributed by atoms with Crippen LogP contribution in [0.1, 0.15) is 31.2 Å². The highest BCUT2D eigenvalue weighted by atomic mass is 19.4. The van der Waals surface area contributed by atoms with Gasteiger partial charge in [-0.05, 0) is 25.0 Å². The number of alkyl halides is 3. The molecule has 1 aromatic carbocycles. The Morgan fingerprint density at radius 1 is 1.20 bits per heavy atom. The number of hydrogen-bond donors (Lipinski definition) is 2. The molecule has 20 heavy (non-hydrogen) atoms. The molecule has 1 aliphatic rings. The van der Waals surface area contributed by atoms with Gasteiger partial charge in [-0.15, -0.1) is 0 Å². The predicted molar refractivity (Wildman–Crippen MR) is 70.3 cm³/mol. The van der Waals surface area contributed by atoms with E-state index in [2.05, 4.69) is 10.6 Å². The molecule has 2 rings (SSSR count). The van der Waals surface area contributed by atoms with Gasteiger partial charge in [0, 0.05) is 6.04 Å². The van der Waals surface area contributed by atoms with Gasteiger partial charge in [0.1, 0.15) is 0 Å². The molecule has 0 saturated heterocycles. The van der Waals surface area contributed by atoms with Gasteiger partial charge in [0.15, 0.2) is 0 Å². The van der Waals surface area contributed by atoms with Crippen LogP contribution in [0.5, 0.6) is 0 Å². The fourth-order valence-electron chi connectivity index (χ4n) is 2.40. The summed E-state index contributed by atoms with van der Waals surface area (Å²) in [6.45, 7) is 0.0385. The van der Waals surface area contributed by atoms with E-state index in [9.17, 15) is 18.0 Å². The van der Waals surface area contributed by atoms with Crippen molar-refractivity contribution in [1.82, 2.24) is 5.32 Å². The van der Waals surface area contributed by atoms with Gasteiger partial charge in [0.25, 0.3) is 0 Å². The van der Waals surface area contributed by atoms with Crippen LogP contribution in [0.4, 0.5) is 18.9 Å². The Morgan fingerprint density at radius 3 is 2.50 bits per heavy atom. The number of halogens is 3. The summed E-state index contributed by atoms with van der Waals surface area (Å²) in [6, 6.07) is 5.29. The van der Waals surface area contributed by atoms with Crippen LogP contribution in [0.2, 0.25) is 0 Å². The van der Waals surface area contributed by atoms with E-state index in [1.165, 1.54) is 18.2 Å². The lowest BCUT2D eigenvalue weighted by molar-refractivity contribution is -0.137. The van der Waals surface area contributed by atoms with Gasteiger partial charge in [-0.25, -0.2) is 0 Å². The van der Waals surface area contributed by atoms with E-state index in [4.69, 9.17) is 0 Å². The Labute approximate surface area is 115 Å². The van der Waals surface area contributed by atoms with Crippen molar-refractivity contribution in [3.8, 4) is 0 Å². The molecule has 0 aromatic heterocycles. The summed E-state index contributed by atoms with van der Waals surface area (Å²) in [5, 5.41) is 5.39. The summed E-state index contributed by atoms with van der Waals surface area (Å²) in [4.78, 5) is 11.7. The largest absolute Gasteiger partial charge is 0.418 e. The molecule has 110 valence electrons. The predicted octanol–water partition coefficient (Wildman–Crippen LogP) is 3.18. The number of carbonyl (C=O) groups is 1. The second-order valence-corrected chi connectivity index (χ2v) is 4.95. The third-order valence-corrected chi connectivity index (χ3v) is 3.41. The number of benzene rings is 1. The van der Waals surface area contributed by atoms with E-state index in [1.54, 1.807) is 0 Å². The first-order chi connectivity index (χ1) is 9.47. The summed E-state index contributed by atoms with van der Waals surface area (Å²) < 4.78 is 38.3. The number of anilines is 1. The molecule has 1 amide bonds. The van der Waals surface area contributed by atoms with Crippen molar-refractivity contribution in [3.05, 3.63) is 29.8 Å². The summed E-state index contributed by atoms with van der Waals surface area (Å²) in [5.41, 5.74) is -1.02. The fourth-order valence-corrected chi connectivity index (χ4v) is 2.40. The zero-order valence-electron chi connectivity index (χ0n) is 11.0. The topological polar surface area (TPSA) is 41.1 Å². The van der Waals surface area contributed by atoms with Crippen LogP contribution < -0.4 is 10.6 Å². The molecule has 0 unspecified atom stereocenters. The molecule has 0 radical (unpaired) electrons. The number of para-hydroxylation sites is 1. The van der Waals surface area contributed by atoms with Crippen molar-refractivity contribution in [3.63, 3.8) is 0 Å². The third-order valence-electron chi connectivity index (χ3n) is 3.41. The lowest BCUT2D eigenvalue weighted by Crippen LogP contribution is -2.34. The molecule has 0 aliphatic heterocycles. The van der Waals surface area contributed by atoms with Gasteiger partial charge in [0.2, 0.25) is 5.91 Å². The van der Waals surface area contributed by atoms with Crippen LogP contribution in [0.25, 0.3) is 0 Å². The monoisotopic (exact) mass is 286 g/mol.